The highest BCUT2D eigenvalue weighted by Crippen LogP contribution is 2.26. The largest absolute Gasteiger partial charge is 0.392 e. The summed E-state index contributed by atoms with van der Waals surface area (Å²) in [4.78, 5) is 3.52. The quantitative estimate of drug-likeness (QED) is 0.906. The van der Waals surface area contributed by atoms with Crippen molar-refractivity contribution in [2.24, 2.45) is 0 Å². The number of aliphatic hydroxyl groups excluding tert-OH is 1. The third kappa shape index (κ3) is 3.25. The average Bonchev–Trinajstić information content (AvgIpc) is 2.88. The van der Waals surface area contributed by atoms with Gasteiger partial charge in [0.1, 0.15) is 0 Å². The molecule has 0 bridgehead atoms. The highest BCUT2D eigenvalue weighted by atomic mass is 35.5. The van der Waals surface area contributed by atoms with Crippen molar-refractivity contribution in [3.8, 4) is 0 Å². The van der Waals surface area contributed by atoms with Crippen molar-refractivity contribution in [1.29, 1.82) is 0 Å². The molecule has 2 aromatic rings. The van der Waals surface area contributed by atoms with Gasteiger partial charge in [0, 0.05) is 18.5 Å². The van der Waals surface area contributed by atoms with Crippen LogP contribution in [0.3, 0.4) is 0 Å². The summed E-state index contributed by atoms with van der Waals surface area (Å²) >= 11 is 7.99. The van der Waals surface area contributed by atoms with Gasteiger partial charge in [-0.3, -0.25) is 0 Å². The van der Waals surface area contributed by atoms with Gasteiger partial charge in [-0.2, -0.15) is 0 Å². The van der Waals surface area contributed by atoms with E-state index in [0.29, 0.717) is 5.02 Å². The minimum Gasteiger partial charge on any atom is -0.392 e. The zero-order chi connectivity index (χ0) is 13.0. The number of halogens is 1. The van der Waals surface area contributed by atoms with E-state index in [1.807, 2.05) is 25.2 Å². The summed E-state index contributed by atoms with van der Waals surface area (Å²) in [7, 11) is 2.04. The minimum atomic E-state index is 0.0267. The molecule has 0 unspecified atom stereocenters. The number of likely N-dealkylation sites (N-methyl/N-ethyl adjacent to an activating group) is 1. The first-order valence-electron chi connectivity index (χ1n) is 5.83. The average molecular weight is 282 g/mol. The van der Waals surface area contributed by atoms with Crippen molar-refractivity contribution in [3.63, 3.8) is 0 Å². The Hall–Kier alpha value is -1.03. The molecule has 18 heavy (non-hydrogen) atoms. The fraction of sp³-hybridized carbons (Fsp3) is 0.286. The number of anilines is 1. The van der Waals surface area contributed by atoms with Crippen LogP contribution in [0.1, 0.15) is 10.4 Å². The molecular weight excluding hydrogens is 266 g/mol. The molecule has 1 aromatic heterocycles. The van der Waals surface area contributed by atoms with E-state index >= 15 is 0 Å². The van der Waals surface area contributed by atoms with Gasteiger partial charge < -0.3 is 10.0 Å². The highest BCUT2D eigenvalue weighted by molar-refractivity contribution is 7.09. The summed E-state index contributed by atoms with van der Waals surface area (Å²) in [6, 6.07) is 9.90. The maximum absolute atomic E-state index is 9.05. The summed E-state index contributed by atoms with van der Waals surface area (Å²) in [5, 5.41) is 11.8. The van der Waals surface area contributed by atoms with E-state index in [1.54, 1.807) is 11.3 Å². The molecule has 0 radical (unpaired) electrons. The lowest BCUT2D eigenvalue weighted by atomic mass is 10.2. The van der Waals surface area contributed by atoms with E-state index in [2.05, 4.69) is 22.4 Å². The molecule has 0 atom stereocenters. The van der Waals surface area contributed by atoms with Gasteiger partial charge in [-0.1, -0.05) is 23.7 Å². The van der Waals surface area contributed by atoms with Gasteiger partial charge in [-0.15, -0.1) is 11.3 Å². The van der Waals surface area contributed by atoms with E-state index < -0.39 is 0 Å². The first-order valence-corrected chi connectivity index (χ1v) is 7.09. The third-order valence-corrected chi connectivity index (χ3v) is 4.12. The van der Waals surface area contributed by atoms with Crippen LogP contribution >= 0.6 is 22.9 Å². The van der Waals surface area contributed by atoms with Crippen molar-refractivity contribution >= 4 is 28.6 Å². The Kier molecular flexibility index (Phi) is 4.64. The molecule has 0 saturated heterocycles. The van der Waals surface area contributed by atoms with Crippen LogP contribution in [0.2, 0.25) is 5.02 Å². The fourth-order valence-electron chi connectivity index (χ4n) is 1.81. The molecule has 0 saturated carbocycles. The Bertz CT molecular complexity index is 499. The monoisotopic (exact) mass is 281 g/mol. The Morgan fingerprint density at radius 1 is 1.33 bits per heavy atom. The molecule has 0 amide bonds. The second-order valence-electron chi connectivity index (χ2n) is 4.19. The lowest BCUT2D eigenvalue weighted by Crippen LogP contribution is -2.20. The number of hydrogen-bond acceptors (Lipinski definition) is 3. The Labute approximate surface area is 116 Å². The second kappa shape index (κ2) is 6.23. The molecule has 1 N–H and O–H groups in total. The van der Waals surface area contributed by atoms with Crippen LogP contribution in [0, 0.1) is 0 Å². The van der Waals surface area contributed by atoms with Gasteiger partial charge >= 0.3 is 0 Å². The van der Waals surface area contributed by atoms with Crippen molar-refractivity contribution in [2.45, 2.75) is 13.0 Å². The zero-order valence-corrected chi connectivity index (χ0v) is 11.8. The normalized spacial score (nSPS) is 10.6. The van der Waals surface area contributed by atoms with Crippen LogP contribution in [-0.4, -0.2) is 18.7 Å². The van der Waals surface area contributed by atoms with Crippen molar-refractivity contribution in [2.75, 3.05) is 18.5 Å². The van der Waals surface area contributed by atoms with E-state index in [0.717, 1.165) is 24.2 Å². The van der Waals surface area contributed by atoms with Crippen LogP contribution in [0.4, 0.5) is 5.69 Å². The summed E-state index contributed by atoms with van der Waals surface area (Å²) in [5.41, 5.74) is 1.85. The van der Waals surface area contributed by atoms with Gasteiger partial charge in [0.15, 0.2) is 0 Å². The maximum Gasteiger partial charge on any atom is 0.0682 e. The first-order chi connectivity index (χ1) is 8.70. The molecule has 2 rings (SSSR count). The van der Waals surface area contributed by atoms with Crippen molar-refractivity contribution in [1.82, 2.24) is 0 Å². The summed E-state index contributed by atoms with van der Waals surface area (Å²) in [6.07, 6.45) is 1.02. The number of thiophene rings is 1. The Morgan fingerprint density at radius 2 is 2.17 bits per heavy atom. The first kappa shape index (κ1) is 13.4. The van der Waals surface area contributed by atoms with Crippen LogP contribution in [-0.2, 0) is 13.0 Å². The topological polar surface area (TPSA) is 23.5 Å². The Balaban J connectivity index is 2.02. The van der Waals surface area contributed by atoms with Gasteiger partial charge in [0.25, 0.3) is 0 Å². The fourth-order valence-corrected chi connectivity index (χ4v) is 2.86. The third-order valence-electron chi connectivity index (χ3n) is 2.88. The molecule has 0 aliphatic heterocycles. The van der Waals surface area contributed by atoms with Crippen LogP contribution in [0.25, 0.3) is 0 Å². The van der Waals surface area contributed by atoms with Gasteiger partial charge in [-0.25, -0.2) is 0 Å². The smallest absolute Gasteiger partial charge is 0.0682 e. The van der Waals surface area contributed by atoms with Crippen LogP contribution in [0.5, 0.6) is 0 Å². The number of nitrogens with zero attached hydrogens (tertiary/aromatic N) is 1. The Morgan fingerprint density at radius 3 is 2.78 bits per heavy atom. The molecule has 1 heterocycles. The molecule has 0 fully saturated rings. The van der Waals surface area contributed by atoms with Crippen molar-refractivity contribution in [3.05, 3.63) is 51.2 Å². The van der Waals surface area contributed by atoms with Gasteiger partial charge in [0.05, 0.1) is 17.3 Å². The minimum absolute atomic E-state index is 0.0267. The van der Waals surface area contributed by atoms with E-state index in [4.69, 9.17) is 16.7 Å². The molecule has 0 spiro atoms. The number of aliphatic hydroxyl groups is 1. The SMILES string of the molecule is CN(CCc1cccs1)c1ccc(CO)cc1Cl. The molecule has 96 valence electrons. The number of benzene rings is 1. The predicted octanol–water partition coefficient (Wildman–Crippen LogP) is 3.57. The molecular formula is C14H16ClNOS. The predicted molar refractivity (Wildman–Crippen MR) is 78.7 cm³/mol. The van der Waals surface area contributed by atoms with E-state index in [-0.39, 0.29) is 6.61 Å². The molecule has 4 heteroatoms. The summed E-state index contributed by atoms with van der Waals surface area (Å²) in [6.45, 7) is 0.956. The van der Waals surface area contributed by atoms with Crippen LogP contribution < -0.4 is 4.90 Å². The number of hydrogen-bond donors (Lipinski definition) is 1. The lowest BCUT2D eigenvalue weighted by Gasteiger charge is -2.20. The molecule has 0 aliphatic carbocycles. The van der Waals surface area contributed by atoms with E-state index in [1.165, 1.54) is 4.88 Å². The van der Waals surface area contributed by atoms with Crippen LogP contribution in [0.15, 0.2) is 35.7 Å². The maximum atomic E-state index is 9.05. The van der Waals surface area contributed by atoms with Gasteiger partial charge in [-0.05, 0) is 35.6 Å². The number of rotatable bonds is 5. The second-order valence-corrected chi connectivity index (χ2v) is 5.63. The zero-order valence-electron chi connectivity index (χ0n) is 10.3. The standard InChI is InChI=1S/C14H16ClNOS/c1-16(7-6-12-3-2-8-18-12)14-5-4-11(10-17)9-13(14)15/h2-5,8-9,17H,6-7,10H2,1H3. The lowest BCUT2D eigenvalue weighted by molar-refractivity contribution is 0.282. The molecule has 0 aliphatic rings. The van der Waals surface area contributed by atoms with Gasteiger partial charge in [0.2, 0.25) is 0 Å². The molecule has 1 aromatic carbocycles. The van der Waals surface area contributed by atoms with E-state index in [9.17, 15) is 0 Å². The van der Waals surface area contributed by atoms with Crippen molar-refractivity contribution < 1.29 is 5.11 Å². The summed E-state index contributed by atoms with van der Waals surface area (Å²) in [5.74, 6) is 0. The molecule has 2 nitrogen and oxygen atoms in total. The highest BCUT2D eigenvalue weighted by Gasteiger charge is 2.07. The summed E-state index contributed by atoms with van der Waals surface area (Å²) < 4.78 is 0.